The Morgan fingerprint density at radius 1 is 1.32 bits per heavy atom. The largest absolute Gasteiger partial charge is 0.493 e. The topological polar surface area (TPSA) is 69.4 Å². The average molecular weight is 346 g/mol. The molecular formula is C14H17Cl2N3O3. The van der Waals surface area contributed by atoms with E-state index in [4.69, 9.17) is 25.6 Å². The summed E-state index contributed by atoms with van der Waals surface area (Å²) < 4.78 is 15.8. The van der Waals surface area contributed by atoms with Crippen molar-refractivity contribution < 1.29 is 14.0 Å². The first kappa shape index (κ1) is 16.9. The third-order valence-electron chi connectivity index (χ3n) is 3.49. The van der Waals surface area contributed by atoms with Gasteiger partial charge in [-0.2, -0.15) is 4.98 Å². The van der Waals surface area contributed by atoms with Crippen LogP contribution in [0.1, 0.15) is 24.8 Å². The van der Waals surface area contributed by atoms with E-state index in [2.05, 4.69) is 15.5 Å². The van der Waals surface area contributed by atoms with Crippen LogP contribution in [0.15, 0.2) is 16.7 Å². The maximum absolute atomic E-state index is 6.19. The van der Waals surface area contributed by atoms with Crippen LogP contribution in [0.2, 0.25) is 5.02 Å². The Hall–Kier alpha value is -1.50. The molecule has 0 amide bonds. The van der Waals surface area contributed by atoms with Crippen LogP contribution in [-0.2, 0) is 0 Å². The van der Waals surface area contributed by atoms with Gasteiger partial charge in [0.25, 0.3) is 0 Å². The monoisotopic (exact) mass is 345 g/mol. The van der Waals surface area contributed by atoms with Gasteiger partial charge < -0.3 is 19.3 Å². The lowest BCUT2D eigenvalue weighted by molar-refractivity contribution is 0.344. The van der Waals surface area contributed by atoms with E-state index < -0.39 is 0 Å². The number of methoxy groups -OCH3 is 2. The molecule has 1 aromatic carbocycles. The molecule has 1 fully saturated rings. The molecule has 6 nitrogen and oxygen atoms in total. The fraction of sp³-hybridized carbons (Fsp3) is 0.429. The van der Waals surface area contributed by atoms with Crippen molar-refractivity contribution in [2.24, 2.45) is 0 Å². The Bertz CT molecular complexity index is 642. The lowest BCUT2D eigenvalue weighted by atomic mass is 10.2. The van der Waals surface area contributed by atoms with Crippen molar-refractivity contribution in [2.75, 3.05) is 20.8 Å². The summed E-state index contributed by atoms with van der Waals surface area (Å²) in [6.45, 7) is 0.977. The molecule has 0 saturated carbocycles. The molecule has 0 radical (unpaired) electrons. The summed E-state index contributed by atoms with van der Waals surface area (Å²) in [4.78, 5) is 4.44. The molecule has 1 aliphatic heterocycles. The summed E-state index contributed by atoms with van der Waals surface area (Å²) in [6, 6.07) is 3.66. The van der Waals surface area contributed by atoms with Gasteiger partial charge in [-0.3, -0.25) is 0 Å². The molecule has 3 rings (SSSR count). The normalized spacial score (nSPS) is 17.1. The molecule has 2 aromatic rings. The molecule has 22 heavy (non-hydrogen) atoms. The first-order valence-electron chi connectivity index (χ1n) is 6.72. The third kappa shape index (κ3) is 3.14. The zero-order valence-electron chi connectivity index (χ0n) is 12.3. The van der Waals surface area contributed by atoms with Gasteiger partial charge in [-0.1, -0.05) is 16.8 Å². The number of hydrogen-bond donors (Lipinski definition) is 1. The van der Waals surface area contributed by atoms with Crippen molar-refractivity contribution in [3.63, 3.8) is 0 Å². The Kier molecular flexibility index (Phi) is 5.50. The van der Waals surface area contributed by atoms with Gasteiger partial charge >= 0.3 is 0 Å². The van der Waals surface area contributed by atoms with Crippen molar-refractivity contribution >= 4 is 24.0 Å². The van der Waals surface area contributed by atoms with Crippen molar-refractivity contribution in [3.05, 3.63) is 23.0 Å². The molecule has 0 spiro atoms. The highest BCUT2D eigenvalue weighted by atomic mass is 35.5. The van der Waals surface area contributed by atoms with Gasteiger partial charge in [0, 0.05) is 5.56 Å². The summed E-state index contributed by atoms with van der Waals surface area (Å²) in [6.07, 6.45) is 2.12. The lowest BCUT2D eigenvalue weighted by Crippen LogP contribution is -2.12. The number of ether oxygens (including phenoxy) is 2. The SMILES string of the molecule is COc1cc(-c2noc(C3CCCN3)n2)cc(Cl)c1OC.Cl. The van der Waals surface area contributed by atoms with Gasteiger partial charge in [0.15, 0.2) is 11.5 Å². The Morgan fingerprint density at radius 3 is 2.77 bits per heavy atom. The minimum atomic E-state index is 0. The second-order valence-electron chi connectivity index (χ2n) is 4.80. The van der Waals surface area contributed by atoms with Gasteiger partial charge in [-0.15, -0.1) is 12.4 Å². The van der Waals surface area contributed by atoms with Gasteiger partial charge in [0.1, 0.15) is 0 Å². The van der Waals surface area contributed by atoms with Gasteiger partial charge in [0.05, 0.1) is 25.3 Å². The van der Waals surface area contributed by atoms with E-state index in [1.54, 1.807) is 26.4 Å². The smallest absolute Gasteiger partial charge is 0.244 e. The van der Waals surface area contributed by atoms with Crippen molar-refractivity contribution in [2.45, 2.75) is 18.9 Å². The van der Waals surface area contributed by atoms with Gasteiger partial charge in [-0.25, -0.2) is 0 Å². The van der Waals surface area contributed by atoms with E-state index in [0.29, 0.717) is 28.2 Å². The van der Waals surface area contributed by atoms with Gasteiger partial charge in [-0.05, 0) is 31.5 Å². The van der Waals surface area contributed by atoms with Crippen molar-refractivity contribution in [3.8, 4) is 22.9 Å². The summed E-state index contributed by atoms with van der Waals surface area (Å²) in [7, 11) is 3.10. The molecular weight excluding hydrogens is 329 g/mol. The number of halogens is 2. The summed E-state index contributed by atoms with van der Waals surface area (Å²) in [5, 5.41) is 7.79. The molecule has 120 valence electrons. The Balaban J connectivity index is 0.00000176. The molecule has 1 atom stereocenters. The molecule has 2 heterocycles. The number of benzene rings is 1. The standard InChI is InChI=1S/C14H16ClN3O3.ClH/c1-19-11-7-8(6-9(15)12(11)20-2)13-17-14(21-18-13)10-4-3-5-16-10;/h6-7,10,16H,3-5H2,1-2H3;1H. The number of nitrogens with zero attached hydrogens (tertiary/aromatic N) is 2. The van der Waals surface area contributed by atoms with E-state index in [0.717, 1.165) is 24.9 Å². The van der Waals surface area contributed by atoms with E-state index in [9.17, 15) is 0 Å². The number of nitrogens with one attached hydrogen (secondary N) is 1. The van der Waals surface area contributed by atoms with Crippen molar-refractivity contribution in [1.82, 2.24) is 15.5 Å². The molecule has 1 aromatic heterocycles. The van der Waals surface area contributed by atoms with Crippen LogP contribution in [0.3, 0.4) is 0 Å². The molecule has 1 aliphatic rings. The Morgan fingerprint density at radius 2 is 2.14 bits per heavy atom. The van der Waals surface area contributed by atoms with Crippen LogP contribution in [0, 0.1) is 0 Å². The van der Waals surface area contributed by atoms with Crippen LogP contribution in [0.4, 0.5) is 0 Å². The third-order valence-corrected chi connectivity index (χ3v) is 3.77. The van der Waals surface area contributed by atoms with E-state index in [-0.39, 0.29) is 18.4 Å². The predicted molar refractivity (Wildman–Crippen MR) is 85.1 cm³/mol. The average Bonchev–Trinajstić information content (AvgIpc) is 3.16. The highest BCUT2D eigenvalue weighted by Gasteiger charge is 2.23. The fourth-order valence-electron chi connectivity index (χ4n) is 2.44. The number of aromatic nitrogens is 2. The van der Waals surface area contributed by atoms with Crippen LogP contribution < -0.4 is 14.8 Å². The van der Waals surface area contributed by atoms with Gasteiger partial charge in [0.2, 0.25) is 11.7 Å². The van der Waals surface area contributed by atoms with Crippen molar-refractivity contribution in [1.29, 1.82) is 0 Å². The minimum absolute atomic E-state index is 0. The van der Waals surface area contributed by atoms with E-state index in [1.807, 2.05) is 0 Å². The van der Waals surface area contributed by atoms with Crippen LogP contribution in [0.25, 0.3) is 11.4 Å². The zero-order valence-corrected chi connectivity index (χ0v) is 13.8. The molecule has 1 unspecified atom stereocenters. The molecule has 8 heteroatoms. The van der Waals surface area contributed by atoms with Crippen LogP contribution in [-0.4, -0.2) is 30.9 Å². The first-order valence-corrected chi connectivity index (χ1v) is 7.09. The van der Waals surface area contributed by atoms with Crippen LogP contribution in [0.5, 0.6) is 11.5 Å². The second kappa shape index (κ2) is 7.17. The highest BCUT2D eigenvalue weighted by molar-refractivity contribution is 6.32. The van der Waals surface area contributed by atoms with E-state index in [1.165, 1.54) is 0 Å². The highest BCUT2D eigenvalue weighted by Crippen LogP contribution is 2.38. The fourth-order valence-corrected chi connectivity index (χ4v) is 2.72. The molecule has 1 N–H and O–H groups in total. The molecule has 1 saturated heterocycles. The predicted octanol–water partition coefficient (Wildman–Crippen LogP) is 3.25. The van der Waals surface area contributed by atoms with Crippen LogP contribution >= 0.6 is 24.0 Å². The maximum atomic E-state index is 6.19. The molecule has 0 aliphatic carbocycles. The maximum Gasteiger partial charge on any atom is 0.244 e. The molecule has 0 bridgehead atoms. The first-order chi connectivity index (χ1) is 10.2. The van der Waals surface area contributed by atoms with E-state index >= 15 is 0 Å². The zero-order chi connectivity index (χ0) is 14.8. The minimum Gasteiger partial charge on any atom is -0.493 e. The number of hydrogen-bond acceptors (Lipinski definition) is 6. The number of rotatable bonds is 4. The Labute approximate surface area is 139 Å². The summed E-state index contributed by atoms with van der Waals surface area (Å²) in [5.41, 5.74) is 0.727. The second-order valence-corrected chi connectivity index (χ2v) is 5.21. The lowest BCUT2D eigenvalue weighted by Gasteiger charge is -2.10. The summed E-state index contributed by atoms with van der Waals surface area (Å²) >= 11 is 6.19. The quantitative estimate of drug-likeness (QED) is 0.917. The summed E-state index contributed by atoms with van der Waals surface area (Å²) in [5.74, 6) is 2.12.